The summed E-state index contributed by atoms with van der Waals surface area (Å²) in [6, 6.07) is 72.8. The largest absolute Gasteiger partial charge is 0.456 e. The minimum Gasteiger partial charge on any atom is -0.456 e. The van der Waals surface area contributed by atoms with Gasteiger partial charge in [0.1, 0.15) is 11.2 Å². The molecule has 1 aliphatic carbocycles. The summed E-state index contributed by atoms with van der Waals surface area (Å²) in [4.78, 5) is 2.45. The number of furan rings is 1. The maximum Gasteiger partial charge on any atom is 0.135 e. The Hall–Kier alpha value is -7.42. The first kappa shape index (κ1) is 34.8. The number of anilines is 3. The van der Waals surface area contributed by atoms with Crippen molar-refractivity contribution in [2.75, 3.05) is 4.90 Å². The number of nitrogens with zero attached hydrogens (tertiary/aromatic N) is 1. The van der Waals surface area contributed by atoms with Crippen LogP contribution < -0.4 is 4.90 Å². The summed E-state index contributed by atoms with van der Waals surface area (Å²) in [6.07, 6.45) is 5.72. The predicted molar refractivity (Wildman–Crippen MR) is 250 cm³/mol. The van der Waals surface area contributed by atoms with Gasteiger partial charge in [-0.3, -0.25) is 0 Å². The number of benzene rings is 9. The molecule has 0 fully saturated rings. The van der Waals surface area contributed by atoms with Gasteiger partial charge in [-0.25, -0.2) is 0 Å². The van der Waals surface area contributed by atoms with Crippen molar-refractivity contribution in [1.82, 2.24) is 0 Å². The molecule has 0 amide bonds. The fourth-order valence-corrected chi connectivity index (χ4v) is 9.14. The molecule has 1 atom stereocenters. The van der Waals surface area contributed by atoms with Crippen LogP contribution in [-0.4, -0.2) is 0 Å². The molecule has 0 N–H and O–H groups in total. The molecule has 0 spiro atoms. The Kier molecular flexibility index (Phi) is 8.56. The summed E-state index contributed by atoms with van der Waals surface area (Å²) in [5.74, 6) is 0.483. The van der Waals surface area contributed by atoms with Gasteiger partial charge in [0.15, 0.2) is 0 Å². The second-order valence-corrected chi connectivity index (χ2v) is 15.7. The van der Waals surface area contributed by atoms with E-state index < -0.39 is 0 Å². The Morgan fingerprint density at radius 1 is 0.441 bits per heavy atom. The lowest BCUT2D eigenvalue weighted by Gasteiger charge is -2.29. The third-order valence-corrected chi connectivity index (χ3v) is 12.1. The van der Waals surface area contributed by atoms with Crippen LogP contribution in [0.3, 0.4) is 0 Å². The fraction of sp³-hybridized carbons (Fsp3) is 0.0526. The zero-order chi connectivity index (χ0) is 39.3. The van der Waals surface area contributed by atoms with Crippen LogP contribution in [0.15, 0.2) is 211 Å². The van der Waals surface area contributed by atoms with Gasteiger partial charge in [-0.2, -0.15) is 0 Å². The Bertz CT molecular complexity index is 3200. The van der Waals surface area contributed by atoms with Crippen LogP contribution in [0.2, 0.25) is 0 Å². The highest BCUT2D eigenvalue weighted by Crippen LogP contribution is 2.46. The molecule has 11 rings (SSSR count). The highest BCUT2D eigenvalue weighted by molar-refractivity contribution is 6.06. The first-order chi connectivity index (χ1) is 29.2. The van der Waals surface area contributed by atoms with Gasteiger partial charge in [0.25, 0.3) is 0 Å². The zero-order valence-corrected chi connectivity index (χ0v) is 32.8. The lowest BCUT2D eigenvalue weighted by atomic mass is 9.84. The molecule has 0 bridgehead atoms. The molecular formula is C57H41NO. The van der Waals surface area contributed by atoms with Crippen molar-refractivity contribution in [3.63, 3.8) is 0 Å². The van der Waals surface area contributed by atoms with E-state index in [-0.39, 0.29) is 0 Å². The molecule has 9 aromatic carbocycles. The Morgan fingerprint density at radius 2 is 1.10 bits per heavy atom. The molecule has 1 heterocycles. The molecule has 2 heteroatoms. The molecule has 1 unspecified atom stereocenters. The van der Waals surface area contributed by atoms with Crippen molar-refractivity contribution in [2.45, 2.75) is 19.3 Å². The van der Waals surface area contributed by atoms with Gasteiger partial charge in [0, 0.05) is 27.7 Å². The number of hydrogen-bond acceptors (Lipinski definition) is 2. The van der Waals surface area contributed by atoms with E-state index in [1.807, 2.05) is 12.1 Å². The number of para-hydroxylation sites is 1. The molecular weight excluding hydrogens is 715 g/mol. The lowest BCUT2D eigenvalue weighted by Crippen LogP contribution is -2.12. The first-order valence-corrected chi connectivity index (χ1v) is 20.6. The van der Waals surface area contributed by atoms with Gasteiger partial charge < -0.3 is 9.32 Å². The average molecular weight is 756 g/mol. The van der Waals surface area contributed by atoms with Crippen molar-refractivity contribution in [3.8, 4) is 44.5 Å². The second-order valence-electron chi connectivity index (χ2n) is 15.7. The molecule has 0 radical (unpaired) electrons. The maximum absolute atomic E-state index is 6.22. The number of allylic oxidation sites excluding steroid dienone is 1. The van der Waals surface area contributed by atoms with Crippen LogP contribution in [0.1, 0.15) is 30.4 Å². The molecule has 59 heavy (non-hydrogen) atoms. The summed E-state index contributed by atoms with van der Waals surface area (Å²) in [5.41, 5.74) is 17.3. The minimum absolute atomic E-state index is 0.483. The van der Waals surface area contributed by atoms with E-state index in [4.69, 9.17) is 4.42 Å². The number of fused-ring (bicyclic) bond motifs is 5. The van der Waals surface area contributed by atoms with E-state index in [1.54, 1.807) is 0 Å². The van der Waals surface area contributed by atoms with Crippen LogP contribution in [0, 0.1) is 0 Å². The quantitative estimate of drug-likeness (QED) is 0.161. The van der Waals surface area contributed by atoms with Crippen LogP contribution in [0.4, 0.5) is 17.1 Å². The smallest absolute Gasteiger partial charge is 0.135 e. The normalized spacial score (nSPS) is 13.5. The fourth-order valence-electron chi connectivity index (χ4n) is 9.14. The average Bonchev–Trinajstić information content (AvgIpc) is 3.68. The van der Waals surface area contributed by atoms with Crippen molar-refractivity contribution < 1.29 is 4.42 Å². The van der Waals surface area contributed by atoms with Gasteiger partial charge in [-0.05, 0) is 122 Å². The molecule has 0 saturated heterocycles. The molecule has 0 saturated carbocycles. The Labute approximate surface area is 345 Å². The number of hydrogen-bond donors (Lipinski definition) is 0. The van der Waals surface area contributed by atoms with Gasteiger partial charge in [-0.1, -0.05) is 171 Å². The van der Waals surface area contributed by atoms with Crippen molar-refractivity contribution in [3.05, 3.63) is 217 Å². The second kappa shape index (κ2) is 14.5. The molecule has 10 aromatic rings. The summed E-state index contributed by atoms with van der Waals surface area (Å²) >= 11 is 0. The highest BCUT2D eigenvalue weighted by Gasteiger charge is 2.22. The topological polar surface area (TPSA) is 16.4 Å². The van der Waals surface area contributed by atoms with E-state index in [0.717, 1.165) is 62.1 Å². The summed E-state index contributed by atoms with van der Waals surface area (Å²) in [7, 11) is 0. The zero-order valence-electron chi connectivity index (χ0n) is 32.8. The molecule has 280 valence electrons. The van der Waals surface area contributed by atoms with Crippen molar-refractivity contribution >= 4 is 55.8 Å². The van der Waals surface area contributed by atoms with E-state index >= 15 is 0 Å². The van der Waals surface area contributed by atoms with Crippen molar-refractivity contribution in [2.24, 2.45) is 0 Å². The Morgan fingerprint density at radius 3 is 2.00 bits per heavy atom. The molecule has 1 aromatic heterocycles. The van der Waals surface area contributed by atoms with Crippen LogP contribution >= 0.6 is 0 Å². The van der Waals surface area contributed by atoms with E-state index in [9.17, 15) is 0 Å². The summed E-state index contributed by atoms with van der Waals surface area (Å²) in [5, 5.41) is 4.75. The van der Waals surface area contributed by atoms with Crippen molar-refractivity contribution in [1.29, 1.82) is 0 Å². The molecule has 0 aliphatic heterocycles. The van der Waals surface area contributed by atoms with E-state index in [2.05, 4.69) is 212 Å². The van der Waals surface area contributed by atoms with Gasteiger partial charge in [0.2, 0.25) is 0 Å². The van der Waals surface area contributed by atoms with Gasteiger partial charge in [-0.15, -0.1) is 0 Å². The maximum atomic E-state index is 6.22. The van der Waals surface area contributed by atoms with Crippen LogP contribution in [0.25, 0.3) is 83.3 Å². The first-order valence-electron chi connectivity index (χ1n) is 20.6. The predicted octanol–water partition coefficient (Wildman–Crippen LogP) is 16.4. The monoisotopic (exact) mass is 755 g/mol. The lowest BCUT2D eigenvalue weighted by molar-refractivity contribution is 0.669. The van der Waals surface area contributed by atoms with E-state index in [0.29, 0.717) is 5.92 Å². The standard InChI is InChI=1S/C57H41NO/c1-38-13-9-25-52-47(38)22-12-24-50(52)44-29-33-51(40-14-3-2-4-15-40)55(37-44)58(45-31-27-41(28-32-45)49-23-11-17-39-16-5-6-20-48(39)49)46-19-10-18-42(35-46)43-30-34-57-54(36-43)53-21-7-8-26-56(53)59-57/h2-12,14-38H,13H2,1H3. The minimum atomic E-state index is 0.483. The third-order valence-electron chi connectivity index (χ3n) is 12.1. The highest BCUT2D eigenvalue weighted by atomic mass is 16.3. The third kappa shape index (κ3) is 6.22. The van der Waals surface area contributed by atoms with Crippen LogP contribution in [0.5, 0.6) is 0 Å². The van der Waals surface area contributed by atoms with E-state index in [1.165, 1.54) is 49.7 Å². The van der Waals surface area contributed by atoms with Crippen LogP contribution in [-0.2, 0) is 0 Å². The van der Waals surface area contributed by atoms with Gasteiger partial charge in [0.05, 0.1) is 5.69 Å². The van der Waals surface area contributed by atoms with Gasteiger partial charge >= 0.3 is 0 Å². The summed E-state index contributed by atoms with van der Waals surface area (Å²) < 4.78 is 6.22. The SMILES string of the molecule is CC1CC=Cc2c(-c3ccc(-c4ccccc4)c(N(c4ccc(-c5cccc6ccccc56)cc4)c4cccc(-c5ccc6oc7ccccc7c6c5)c4)c3)cccc21. The summed E-state index contributed by atoms with van der Waals surface area (Å²) in [6.45, 7) is 2.33. The Balaban J connectivity index is 1.12. The number of rotatable bonds is 7. The molecule has 2 nitrogen and oxygen atoms in total. The molecule has 1 aliphatic rings.